The first kappa shape index (κ1) is 14.5. The minimum atomic E-state index is -0.738. The van der Waals surface area contributed by atoms with Gasteiger partial charge in [-0.2, -0.15) is 0 Å². The highest BCUT2D eigenvalue weighted by Gasteiger charge is 2.25. The van der Waals surface area contributed by atoms with E-state index < -0.39 is 5.97 Å². The molecule has 1 unspecified atom stereocenters. The Bertz CT molecular complexity index is 431. The monoisotopic (exact) mass is 282 g/mol. The fraction of sp³-hybridized carbons (Fsp3) is 0.714. The lowest BCUT2D eigenvalue weighted by molar-refractivity contribution is -0.136. The van der Waals surface area contributed by atoms with E-state index in [-0.39, 0.29) is 6.42 Å². The number of likely N-dealkylation sites (tertiary alicyclic amines) is 1. The molecule has 1 N–H and O–H groups in total. The zero-order valence-corrected chi connectivity index (χ0v) is 12.4. The summed E-state index contributed by atoms with van der Waals surface area (Å²) >= 11 is 1.68. The van der Waals surface area contributed by atoms with Crippen molar-refractivity contribution >= 4 is 17.3 Å². The molecule has 1 aliphatic rings. The van der Waals surface area contributed by atoms with Crippen molar-refractivity contribution in [2.45, 2.75) is 45.6 Å². The van der Waals surface area contributed by atoms with Gasteiger partial charge in [-0.25, -0.2) is 4.98 Å². The number of hydrogen-bond acceptors (Lipinski definition) is 4. The van der Waals surface area contributed by atoms with Crippen molar-refractivity contribution in [2.24, 2.45) is 5.92 Å². The minimum absolute atomic E-state index is 0.201. The van der Waals surface area contributed by atoms with Gasteiger partial charge in [0.25, 0.3) is 0 Å². The smallest absolute Gasteiger partial charge is 0.303 e. The molecule has 2 rings (SSSR count). The molecule has 1 fully saturated rings. The van der Waals surface area contributed by atoms with Gasteiger partial charge in [-0.3, -0.25) is 4.79 Å². The Morgan fingerprint density at radius 2 is 2.42 bits per heavy atom. The normalized spacial score (nSPS) is 20.3. The van der Waals surface area contributed by atoms with Gasteiger partial charge in [0, 0.05) is 30.1 Å². The van der Waals surface area contributed by atoms with E-state index in [0.717, 1.165) is 16.3 Å². The van der Waals surface area contributed by atoms with Crippen LogP contribution in [0.1, 0.15) is 36.6 Å². The number of aliphatic carboxylic acids is 1. The summed E-state index contributed by atoms with van der Waals surface area (Å²) in [6, 6.07) is 0.632. The van der Waals surface area contributed by atoms with Crippen LogP contribution < -0.4 is 0 Å². The highest BCUT2D eigenvalue weighted by Crippen LogP contribution is 2.25. The topological polar surface area (TPSA) is 53.4 Å². The summed E-state index contributed by atoms with van der Waals surface area (Å²) in [6.07, 6.45) is 4.95. The lowest BCUT2D eigenvalue weighted by Gasteiger charge is -2.19. The third kappa shape index (κ3) is 4.28. The van der Waals surface area contributed by atoms with Crippen LogP contribution in [0, 0.1) is 5.92 Å². The number of carbonyl (C=O) groups is 1. The SMILES string of the molecule is CC(C)N1CCC(Cc2ncc(CCC(=O)O)s2)C1. The van der Waals surface area contributed by atoms with E-state index in [0.29, 0.717) is 18.4 Å². The molecule has 106 valence electrons. The van der Waals surface area contributed by atoms with Crippen molar-refractivity contribution in [3.8, 4) is 0 Å². The molecule has 0 bridgehead atoms. The summed E-state index contributed by atoms with van der Waals surface area (Å²) in [4.78, 5) is 18.6. The van der Waals surface area contributed by atoms with Crippen molar-refractivity contribution in [3.05, 3.63) is 16.1 Å². The standard InChI is InChI=1S/C14H22N2O2S/c1-10(2)16-6-5-11(9-16)7-13-15-8-12(19-13)3-4-14(17)18/h8,10-11H,3-7,9H2,1-2H3,(H,17,18). The molecule has 0 radical (unpaired) electrons. The third-order valence-electron chi connectivity index (χ3n) is 3.70. The molecule has 2 heterocycles. The Balaban J connectivity index is 1.82. The fourth-order valence-corrected chi connectivity index (χ4v) is 3.57. The van der Waals surface area contributed by atoms with E-state index in [2.05, 4.69) is 23.7 Å². The molecular weight excluding hydrogens is 260 g/mol. The van der Waals surface area contributed by atoms with Crippen molar-refractivity contribution in [2.75, 3.05) is 13.1 Å². The molecule has 0 aromatic carbocycles. The quantitative estimate of drug-likeness (QED) is 0.870. The molecule has 1 atom stereocenters. The second-order valence-corrected chi connectivity index (χ2v) is 6.76. The zero-order valence-electron chi connectivity index (χ0n) is 11.6. The lowest BCUT2D eigenvalue weighted by Crippen LogP contribution is -2.28. The average Bonchev–Trinajstić information content (AvgIpc) is 2.96. The van der Waals surface area contributed by atoms with Crippen LogP contribution in [-0.2, 0) is 17.6 Å². The Morgan fingerprint density at radius 1 is 1.63 bits per heavy atom. The van der Waals surface area contributed by atoms with Crippen molar-refractivity contribution in [1.29, 1.82) is 0 Å². The second-order valence-electron chi connectivity index (χ2n) is 5.56. The van der Waals surface area contributed by atoms with E-state index in [1.807, 2.05) is 6.20 Å². The van der Waals surface area contributed by atoms with Crippen molar-refractivity contribution in [1.82, 2.24) is 9.88 Å². The van der Waals surface area contributed by atoms with Gasteiger partial charge >= 0.3 is 5.97 Å². The largest absolute Gasteiger partial charge is 0.481 e. The Labute approximate surface area is 118 Å². The van der Waals surface area contributed by atoms with Crippen LogP contribution in [0.4, 0.5) is 0 Å². The molecule has 19 heavy (non-hydrogen) atoms. The fourth-order valence-electron chi connectivity index (χ4n) is 2.53. The number of carboxylic acid groups (broad SMARTS) is 1. The highest BCUT2D eigenvalue weighted by atomic mass is 32.1. The molecule has 1 aliphatic heterocycles. The van der Waals surface area contributed by atoms with Crippen molar-refractivity contribution < 1.29 is 9.90 Å². The van der Waals surface area contributed by atoms with E-state index in [9.17, 15) is 4.79 Å². The predicted molar refractivity (Wildman–Crippen MR) is 76.6 cm³/mol. The number of rotatable bonds is 6. The van der Waals surface area contributed by atoms with E-state index in [4.69, 9.17) is 5.11 Å². The Hall–Kier alpha value is -0.940. The maximum Gasteiger partial charge on any atom is 0.303 e. The van der Waals surface area contributed by atoms with Crippen LogP contribution in [0.15, 0.2) is 6.20 Å². The zero-order chi connectivity index (χ0) is 13.8. The molecule has 5 heteroatoms. The van der Waals surface area contributed by atoms with Crippen LogP contribution in [0.25, 0.3) is 0 Å². The van der Waals surface area contributed by atoms with Gasteiger partial charge < -0.3 is 10.0 Å². The van der Waals surface area contributed by atoms with Gasteiger partial charge in [-0.15, -0.1) is 11.3 Å². The molecule has 1 aromatic rings. The van der Waals surface area contributed by atoms with Gasteiger partial charge in [0.2, 0.25) is 0 Å². The van der Waals surface area contributed by atoms with Gasteiger partial charge in [-0.05, 0) is 39.2 Å². The molecule has 0 spiro atoms. The Kier molecular flexibility index (Phi) is 4.93. The molecule has 0 amide bonds. The van der Waals surface area contributed by atoms with Crippen LogP contribution in [-0.4, -0.2) is 40.1 Å². The summed E-state index contributed by atoms with van der Waals surface area (Å²) in [7, 11) is 0. The summed E-state index contributed by atoms with van der Waals surface area (Å²) in [5, 5.41) is 9.83. The number of carboxylic acids is 1. The minimum Gasteiger partial charge on any atom is -0.481 e. The predicted octanol–water partition coefficient (Wildman–Crippen LogP) is 2.43. The van der Waals surface area contributed by atoms with Crippen molar-refractivity contribution in [3.63, 3.8) is 0 Å². The summed E-state index contributed by atoms with van der Waals surface area (Å²) in [5.74, 6) is -0.0285. The van der Waals surface area contributed by atoms with Crippen LogP contribution in [0.5, 0.6) is 0 Å². The molecule has 1 saturated heterocycles. The highest BCUT2D eigenvalue weighted by molar-refractivity contribution is 7.11. The number of aryl methyl sites for hydroxylation is 1. The van der Waals surface area contributed by atoms with E-state index in [1.165, 1.54) is 19.5 Å². The van der Waals surface area contributed by atoms with Gasteiger partial charge in [0.15, 0.2) is 0 Å². The number of nitrogens with zero attached hydrogens (tertiary/aromatic N) is 2. The van der Waals surface area contributed by atoms with Crippen LogP contribution in [0.2, 0.25) is 0 Å². The van der Waals surface area contributed by atoms with E-state index in [1.54, 1.807) is 11.3 Å². The van der Waals surface area contributed by atoms with Crippen LogP contribution in [0.3, 0.4) is 0 Å². The molecule has 4 nitrogen and oxygen atoms in total. The first-order valence-corrected chi connectivity index (χ1v) is 7.75. The third-order valence-corrected chi connectivity index (χ3v) is 4.78. The second kappa shape index (κ2) is 6.48. The summed E-state index contributed by atoms with van der Waals surface area (Å²) < 4.78 is 0. The molecule has 1 aromatic heterocycles. The molecule has 0 aliphatic carbocycles. The Morgan fingerprint density at radius 3 is 3.05 bits per heavy atom. The number of aromatic nitrogens is 1. The number of thiazole rings is 1. The first-order valence-electron chi connectivity index (χ1n) is 6.94. The first-order chi connectivity index (χ1) is 9.04. The maximum absolute atomic E-state index is 10.5. The van der Waals surface area contributed by atoms with E-state index >= 15 is 0 Å². The van der Waals surface area contributed by atoms with Gasteiger partial charge in [0.1, 0.15) is 0 Å². The van der Waals surface area contributed by atoms with Gasteiger partial charge in [0.05, 0.1) is 11.4 Å². The van der Waals surface area contributed by atoms with Crippen LogP contribution >= 0.6 is 11.3 Å². The molecular formula is C14H22N2O2S. The molecule has 0 saturated carbocycles. The maximum atomic E-state index is 10.5. The summed E-state index contributed by atoms with van der Waals surface area (Å²) in [5.41, 5.74) is 0. The summed E-state index contributed by atoms with van der Waals surface area (Å²) in [6.45, 7) is 6.85. The van der Waals surface area contributed by atoms with Gasteiger partial charge in [-0.1, -0.05) is 0 Å². The lowest BCUT2D eigenvalue weighted by atomic mass is 10.1. The average molecular weight is 282 g/mol. The number of hydrogen-bond donors (Lipinski definition) is 1.